The number of nitrogens with zero attached hydrogens (tertiary/aromatic N) is 3. The molecule has 35 heavy (non-hydrogen) atoms. The van der Waals surface area contributed by atoms with Crippen molar-refractivity contribution >= 4 is 33.2 Å². The number of ether oxygens (including phenoxy) is 1. The van der Waals surface area contributed by atoms with E-state index in [0.29, 0.717) is 0 Å². The Morgan fingerprint density at radius 3 is 1.51 bits per heavy atom. The smallest absolute Gasteiger partial charge is 0.151 e. The topological polar surface area (TPSA) is 69.8 Å². The Morgan fingerprint density at radius 1 is 0.600 bits per heavy atom. The quantitative estimate of drug-likeness (QED) is 0.287. The van der Waals surface area contributed by atoms with Crippen molar-refractivity contribution < 1.29 is 4.74 Å². The van der Waals surface area contributed by atoms with E-state index in [9.17, 15) is 0 Å². The molecule has 0 atom stereocenters. The SMILES string of the molecule is Cc1[nH]nc2ccc(-c3ccc4c(c3)N(C)c3cc(-c5ccc6n[nH]c(C)c6c5)ccc3O4)cc12. The average Bonchev–Trinajstić information content (AvgIpc) is 3.45. The maximum Gasteiger partial charge on any atom is 0.151 e. The number of rotatable bonds is 2. The number of hydrogen-bond donors (Lipinski definition) is 2. The van der Waals surface area contributed by atoms with Gasteiger partial charge in [0.2, 0.25) is 0 Å². The number of benzene rings is 4. The molecule has 0 aliphatic carbocycles. The summed E-state index contributed by atoms with van der Waals surface area (Å²) >= 11 is 0. The highest BCUT2D eigenvalue weighted by Gasteiger charge is 2.23. The van der Waals surface area contributed by atoms with E-state index in [0.717, 1.165) is 78.3 Å². The van der Waals surface area contributed by atoms with Crippen LogP contribution >= 0.6 is 0 Å². The average molecular weight is 458 g/mol. The van der Waals surface area contributed by atoms with E-state index in [4.69, 9.17) is 4.74 Å². The molecule has 3 heterocycles. The Morgan fingerprint density at radius 2 is 1.03 bits per heavy atom. The molecule has 2 N–H and O–H groups in total. The summed E-state index contributed by atoms with van der Waals surface area (Å²) in [5.74, 6) is 1.71. The number of aryl methyl sites for hydroxylation is 2. The summed E-state index contributed by atoms with van der Waals surface area (Å²) in [7, 11) is 2.10. The highest BCUT2D eigenvalue weighted by molar-refractivity contribution is 5.90. The van der Waals surface area contributed by atoms with Gasteiger partial charge in [0.15, 0.2) is 11.5 Å². The Hall–Kier alpha value is -4.58. The van der Waals surface area contributed by atoms with Crippen molar-refractivity contribution in [3.8, 4) is 33.8 Å². The van der Waals surface area contributed by atoms with Crippen molar-refractivity contribution in [2.45, 2.75) is 13.8 Å². The minimum atomic E-state index is 0.854. The number of H-pyrrole nitrogens is 2. The van der Waals surface area contributed by atoms with Crippen LogP contribution in [0.3, 0.4) is 0 Å². The molecule has 1 aliphatic heterocycles. The van der Waals surface area contributed by atoms with Crippen molar-refractivity contribution in [3.63, 3.8) is 0 Å². The Balaban J connectivity index is 1.29. The zero-order chi connectivity index (χ0) is 23.7. The van der Waals surface area contributed by atoms with Crippen LogP contribution in [0.1, 0.15) is 11.4 Å². The van der Waals surface area contributed by atoms with E-state index < -0.39 is 0 Å². The summed E-state index contributed by atoms with van der Waals surface area (Å²) in [5.41, 5.74) is 10.8. The second kappa shape index (κ2) is 7.21. The van der Waals surface area contributed by atoms with Crippen LogP contribution in [0.5, 0.6) is 11.5 Å². The lowest BCUT2D eigenvalue weighted by molar-refractivity contribution is 0.475. The molecule has 0 fully saturated rings. The molecule has 6 aromatic rings. The molecule has 7 rings (SSSR count). The molecule has 6 heteroatoms. The number of fused-ring (bicyclic) bond motifs is 4. The minimum Gasteiger partial charge on any atom is -0.453 e. The standard InChI is InChI=1S/C29H23N5O/c1-16-22-12-18(4-8-24(22)32-30-16)20-6-10-28-26(14-20)34(3)27-15-21(7-11-29(27)35-28)19-5-9-25-23(13-19)17(2)31-33-25/h4-15H,1-3H3,(H,30,32)(H,31,33). The van der Waals surface area contributed by atoms with Gasteiger partial charge < -0.3 is 9.64 Å². The van der Waals surface area contributed by atoms with Gasteiger partial charge in [0.05, 0.1) is 22.4 Å². The second-order valence-corrected chi connectivity index (χ2v) is 9.19. The summed E-state index contributed by atoms with van der Waals surface area (Å²) in [6, 6.07) is 25.5. The molecule has 0 radical (unpaired) electrons. The highest BCUT2D eigenvalue weighted by Crippen LogP contribution is 2.48. The molecule has 170 valence electrons. The number of hydrogen-bond acceptors (Lipinski definition) is 4. The lowest BCUT2D eigenvalue weighted by Gasteiger charge is -2.30. The number of anilines is 2. The van der Waals surface area contributed by atoms with Crippen molar-refractivity contribution in [1.29, 1.82) is 0 Å². The monoisotopic (exact) mass is 457 g/mol. The van der Waals surface area contributed by atoms with Crippen LogP contribution in [0, 0.1) is 13.8 Å². The number of aromatic nitrogens is 4. The van der Waals surface area contributed by atoms with Crippen LogP contribution in [-0.4, -0.2) is 27.4 Å². The molecule has 0 saturated heterocycles. The third-order valence-electron chi connectivity index (χ3n) is 7.02. The van der Waals surface area contributed by atoms with Crippen LogP contribution in [0.15, 0.2) is 72.8 Å². The molecular formula is C29H23N5O. The van der Waals surface area contributed by atoms with Gasteiger partial charge in [-0.1, -0.05) is 24.3 Å². The molecular weight excluding hydrogens is 434 g/mol. The van der Waals surface area contributed by atoms with E-state index in [1.165, 1.54) is 0 Å². The lowest BCUT2D eigenvalue weighted by Crippen LogP contribution is -2.15. The van der Waals surface area contributed by atoms with Crippen LogP contribution in [-0.2, 0) is 0 Å². The first-order valence-electron chi connectivity index (χ1n) is 11.6. The van der Waals surface area contributed by atoms with Crippen molar-refractivity contribution in [3.05, 3.63) is 84.2 Å². The number of aromatic amines is 2. The van der Waals surface area contributed by atoms with Gasteiger partial charge in [-0.3, -0.25) is 10.2 Å². The molecule has 0 unspecified atom stereocenters. The Bertz CT molecular complexity index is 1650. The van der Waals surface area contributed by atoms with Gasteiger partial charge in [0.1, 0.15) is 0 Å². The summed E-state index contributed by atoms with van der Waals surface area (Å²) in [5, 5.41) is 17.1. The van der Waals surface area contributed by atoms with Crippen LogP contribution < -0.4 is 9.64 Å². The van der Waals surface area contributed by atoms with E-state index >= 15 is 0 Å². The van der Waals surface area contributed by atoms with E-state index in [1.54, 1.807) is 0 Å². The zero-order valence-corrected chi connectivity index (χ0v) is 19.7. The van der Waals surface area contributed by atoms with Crippen LogP contribution in [0.25, 0.3) is 44.1 Å². The molecule has 2 aromatic heterocycles. The van der Waals surface area contributed by atoms with Gasteiger partial charge in [-0.2, -0.15) is 10.2 Å². The first-order valence-corrected chi connectivity index (χ1v) is 11.6. The third kappa shape index (κ3) is 3.03. The molecule has 0 bridgehead atoms. The summed E-state index contributed by atoms with van der Waals surface area (Å²) < 4.78 is 6.31. The Kier molecular flexibility index (Phi) is 4.09. The van der Waals surface area contributed by atoms with Gasteiger partial charge in [-0.05, 0) is 84.6 Å². The molecule has 4 aromatic carbocycles. The fourth-order valence-electron chi connectivity index (χ4n) is 4.97. The molecule has 0 amide bonds. The minimum absolute atomic E-state index is 0.854. The van der Waals surface area contributed by atoms with Gasteiger partial charge in [0, 0.05) is 29.2 Å². The normalized spacial score (nSPS) is 12.6. The van der Waals surface area contributed by atoms with Gasteiger partial charge in [0.25, 0.3) is 0 Å². The maximum absolute atomic E-state index is 6.31. The van der Waals surface area contributed by atoms with Gasteiger partial charge in [-0.15, -0.1) is 0 Å². The highest BCUT2D eigenvalue weighted by atomic mass is 16.5. The second-order valence-electron chi connectivity index (χ2n) is 9.19. The van der Waals surface area contributed by atoms with Gasteiger partial charge in [-0.25, -0.2) is 0 Å². The summed E-state index contributed by atoms with van der Waals surface area (Å²) in [6.07, 6.45) is 0. The van der Waals surface area contributed by atoms with E-state index in [2.05, 4.69) is 105 Å². The van der Waals surface area contributed by atoms with E-state index in [-0.39, 0.29) is 0 Å². The van der Waals surface area contributed by atoms with Crippen LogP contribution in [0.4, 0.5) is 11.4 Å². The van der Waals surface area contributed by atoms with Gasteiger partial charge >= 0.3 is 0 Å². The van der Waals surface area contributed by atoms with Crippen molar-refractivity contribution in [1.82, 2.24) is 20.4 Å². The number of nitrogens with one attached hydrogen (secondary N) is 2. The maximum atomic E-state index is 6.31. The first kappa shape index (κ1) is 19.9. The fourth-order valence-corrected chi connectivity index (χ4v) is 4.97. The van der Waals surface area contributed by atoms with Crippen molar-refractivity contribution in [2.24, 2.45) is 0 Å². The van der Waals surface area contributed by atoms with E-state index in [1.807, 2.05) is 13.8 Å². The molecule has 0 spiro atoms. The summed E-state index contributed by atoms with van der Waals surface area (Å²) in [6.45, 7) is 4.10. The lowest BCUT2D eigenvalue weighted by atomic mass is 10.00. The fraction of sp³-hybridized carbons (Fsp3) is 0.103. The van der Waals surface area contributed by atoms with Crippen molar-refractivity contribution in [2.75, 3.05) is 11.9 Å². The zero-order valence-electron chi connectivity index (χ0n) is 19.7. The summed E-state index contributed by atoms with van der Waals surface area (Å²) in [4.78, 5) is 2.21. The molecule has 6 nitrogen and oxygen atoms in total. The molecule has 0 saturated carbocycles. The largest absolute Gasteiger partial charge is 0.453 e. The third-order valence-corrected chi connectivity index (χ3v) is 7.02. The Labute approximate surface area is 202 Å². The predicted octanol–water partition coefficient (Wildman–Crippen LogP) is 7.26. The first-order chi connectivity index (χ1) is 17.0. The van der Waals surface area contributed by atoms with Crippen LogP contribution in [0.2, 0.25) is 0 Å². The predicted molar refractivity (Wildman–Crippen MR) is 141 cm³/mol. The molecule has 1 aliphatic rings.